The smallest absolute Gasteiger partial charge is 0.263 e. The van der Waals surface area contributed by atoms with Crippen LogP contribution < -0.4 is 15.4 Å². The van der Waals surface area contributed by atoms with Gasteiger partial charge in [0, 0.05) is 12.7 Å². The van der Waals surface area contributed by atoms with Crippen LogP contribution in [0.3, 0.4) is 0 Å². The first-order valence-electron chi connectivity index (χ1n) is 8.11. The molecule has 0 atom stereocenters. The predicted octanol–water partition coefficient (Wildman–Crippen LogP) is 2.89. The van der Waals surface area contributed by atoms with E-state index in [4.69, 9.17) is 4.74 Å². The van der Waals surface area contributed by atoms with Crippen molar-refractivity contribution in [3.8, 4) is 17.6 Å². The van der Waals surface area contributed by atoms with Gasteiger partial charge in [-0.2, -0.15) is 5.26 Å². The van der Waals surface area contributed by atoms with Crippen molar-refractivity contribution in [2.24, 2.45) is 0 Å². The first kappa shape index (κ1) is 18.9. The molecule has 0 aliphatic rings. The Hall–Kier alpha value is -3.46. The largest absolute Gasteiger partial charge is 0.506 e. The summed E-state index contributed by atoms with van der Waals surface area (Å²) in [7, 11) is 1.61. The zero-order valence-electron chi connectivity index (χ0n) is 14.7. The highest BCUT2D eigenvalue weighted by atomic mass is 16.5. The van der Waals surface area contributed by atoms with Crippen LogP contribution in [-0.2, 0) is 11.2 Å². The highest BCUT2D eigenvalue weighted by Gasteiger charge is 2.09. The fraction of sp³-hybridized carbons (Fsp3) is 0.200. The van der Waals surface area contributed by atoms with Crippen molar-refractivity contribution in [3.05, 3.63) is 65.4 Å². The van der Waals surface area contributed by atoms with Crippen LogP contribution in [0.25, 0.3) is 0 Å². The number of anilines is 1. The van der Waals surface area contributed by atoms with E-state index in [0.717, 1.165) is 16.9 Å². The van der Waals surface area contributed by atoms with E-state index in [-0.39, 0.29) is 11.3 Å². The van der Waals surface area contributed by atoms with Crippen molar-refractivity contribution in [1.82, 2.24) is 5.32 Å². The van der Waals surface area contributed by atoms with Gasteiger partial charge in [-0.15, -0.1) is 0 Å². The zero-order valence-corrected chi connectivity index (χ0v) is 14.7. The summed E-state index contributed by atoms with van der Waals surface area (Å²) in [5.41, 5.74) is 2.36. The number of phenols is 1. The lowest BCUT2D eigenvalue weighted by Gasteiger charge is -2.07. The predicted molar refractivity (Wildman–Crippen MR) is 99.9 cm³/mol. The third kappa shape index (κ3) is 5.28. The first-order valence-corrected chi connectivity index (χ1v) is 8.11. The number of nitriles is 1. The lowest BCUT2D eigenvalue weighted by atomic mass is 10.1. The Morgan fingerprint density at radius 2 is 2.00 bits per heavy atom. The maximum atomic E-state index is 12.1. The van der Waals surface area contributed by atoms with Crippen LogP contribution >= 0.6 is 0 Å². The molecule has 2 aromatic rings. The fourth-order valence-corrected chi connectivity index (χ4v) is 2.27. The number of amides is 1. The number of aromatic hydroxyl groups is 1. The standard InChI is InChI=1S/C20H21N3O3/c1-14-3-8-19(24)18(11-14)23-13-16(12-21)20(25)22-10-9-15-4-6-17(26-2)7-5-15/h3-8,11,13,23-24H,9-10H2,1-2H3,(H,22,25)/b16-13-. The van der Waals surface area contributed by atoms with E-state index < -0.39 is 5.91 Å². The second kappa shape index (κ2) is 9.14. The molecule has 0 spiro atoms. The molecule has 0 bridgehead atoms. The third-order valence-corrected chi connectivity index (χ3v) is 3.75. The minimum atomic E-state index is -0.472. The molecule has 0 unspecified atom stereocenters. The number of ether oxygens (including phenoxy) is 1. The van der Waals surface area contributed by atoms with Gasteiger partial charge in [0.1, 0.15) is 23.1 Å². The van der Waals surface area contributed by atoms with Crippen LogP contribution in [0.1, 0.15) is 11.1 Å². The minimum absolute atomic E-state index is 0.0454. The lowest BCUT2D eigenvalue weighted by Crippen LogP contribution is -2.27. The fourth-order valence-electron chi connectivity index (χ4n) is 2.27. The molecule has 6 heteroatoms. The number of carbonyl (C=O) groups is 1. The average molecular weight is 351 g/mol. The van der Waals surface area contributed by atoms with Gasteiger partial charge in [0.05, 0.1) is 12.8 Å². The van der Waals surface area contributed by atoms with Crippen LogP contribution in [0.15, 0.2) is 54.2 Å². The quantitative estimate of drug-likeness (QED) is 0.405. The van der Waals surface area contributed by atoms with E-state index in [0.29, 0.717) is 18.7 Å². The molecule has 0 fully saturated rings. The van der Waals surface area contributed by atoms with Crippen LogP contribution in [0.4, 0.5) is 5.69 Å². The molecule has 134 valence electrons. The Labute approximate surface area is 152 Å². The number of hydrogen-bond acceptors (Lipinski definition) is 5. The summed E-state index contributed by atoms with van der Waals surface area (Å²) < 4.78 is 5.10. The van der Waals surface area contributed by atoms with Crippen molar-refractivity contribution >= 4 is 11.6 Å². The number of benzene rings is 2. The normalized spacial score (nSPS) is 10.7. The summed E-state index contributed by atoms with van der Waals surface area (Å²) in [4.78, 5) is 12.1. The highest BCUT2D eigenvalue weighted by molar-refractivity contribution is 5.97. The monoisotopic (exact) mass is 351 g/mol. The van der Waals surface area contributed by atoms with E-state index in [2.05, 4.69) is 10.6 Å². The maximum Gasteiger partial charge on any atom is 0.263 e. The summed E-state index contributed by atoms with van der Waals surface area (Å²) in [5.74, 6) is 0.350. The molecule has 0 heterocycles. The molecule has 2 aromatic carbocycles. The van der Waals surface area contributed by atoms with Crippen molar-refractivity contribution in [2.75, 3.05) is 19.0 Å². The summed E-state index contributed by atoms with van der Waals surface area (Å²) in [5, 5.41) is 24.5. The molecule has 0 aliphatic heterocycles. The van der Waals surface area contributed by atoms with Gasteiger partial charge in [-0.25, -0.2) is 0 Å². The number of methoxy groups -OCH3 is 1. The maximum absolute atomic E-state index is 12.1. The van der Waals surface area contributed by atoms with Crippen LogP contribution in [0.5, 0.6) is 11.5 Å². The number of aryl methyl sites for hydroxylation is 1. The molecule has 0 saturated heterocycles. The average Bonchev–Trinajstić information content (AvgIpc) is 2.65. The van der Waals surface area contributed by atoms with Crippen LogP contribution in [0, 0.1) is 18.3 Å². The van der Waals surface area contributed by atoms with Gasteiger partial charge < -0.3 is 20.5 Å². The van der Waals surface area contributed by atoms with Gasteiger partial charge >= 0.3 is 0 Å². The molecule has 0 saturated carbocycles. The van der Waals surface area contributed by atoms with E-state index in [1.54, 1.807) is 25.3 Å². The molecule has 6 nitrogen and oxygen atoms in total. The first-order chi connectivity index (χ1) is 12.5. The van der Waals surface area contributed by atoms with Crippen molar-refractivity contribution in [1.29, 1.82) is 5.26 Å². The van der Waals surface area contributed by atoms with Crippen molar-refractivity contribution in [2.45, 2.75) is 13.3 Å². The number of hydrogen-bond donors (Lipinski definition) is 3. The third-order valence-electron chi connectivity index (χ3n) is 3.75. The number of rotatable bonds is 7. The number of nitrogens with zero attached hydrogens (tertiary/aromatic N) is 1. The summed E-state index contributed by atoms with van der Waals surface area (Å²) in [6.45, 7) is 2.28. The molecular formula is C20H21N3O3. The lowest BCUT2D eigenvalue weighted by molar-refractivity contribution is -0.117. The van der Waals surface area contributed by atoms with E-state index in [9.17, 15) is 15.2 Å². The van der Waals surface area contributed by atoms with Crippen LogP contribution in [0.2, 0.25) is 0 Å². The Bertz CT molecular complexity index is 836. The van der Waals surface area contributed by atoms with E-state index >= 15 is 0 Å². The van der Waals surface area contributed by atoms with E-state index in [1.807, 2.05) is 37.3 Å². The molecular weight excluding hydrogens is 330 g/mol. The van der Waals surface area contributed by atoms with Gasteiger partial charge in [0.25, 0.3) is 5.91 Å². The molecule has 1 amide bonds. The van der Waals surface area contributed by atoms with Crippen molar-refractivity contribution < 1.29 is 14.6 Å². The molecule has 0 aliphatic carbocycles. The summed E-state index contributed by atoms with van der Waals surface area (Å²) in [6, 6.07) is 14.5. The Balaban J connectivity index is 1.91. The van der Waals surface area contributed by atoms with Gasteiger partial charge in [0.15, 0.2) is 0 Å². The topological polar surface area (TPSA) is 94.4 Å². The number of phenolic OH excluding ortho intramolecular Hbond substituents is 1. The van der Waals surface area contributed by atoms with Crippen LogP contribution in [-0.4, -0.2) is 24.7 Å². The van der Waals surface area contributed by atoms with Gasteiger partial charge in [-0.1, -0.05) is 18.2 Å². The Morgan fingerprint density at radius 1 is 1.27 bits per heavy atom. The van der Waals surface area contributed by atoms with Crippen molar-refractivity contribution in [3.63, 3.8) is 0 Å². The van der Waals surface area contributed by atoms with Gasteiger partial charge in [0.2, 0.25) is 0 Å². The summed E-state index contributed by atoms with van der Waals surface area (Å²) in [6.07, 6.45) is 1.93. The molecule has 2 rings (SSSR count). The second-order valence-corrected chi connectivity index (χ2v) is 5.69. The highest BCUT2D eigenvalue weighted by Crippen LogP contribution is 2.23. The Morgan fingerprint density at radius 3 is 2.65 bits per heavy atom. The second-order valence-electron chi connectivity index (χ2n) is 5.69. The molecule has 26 heavy (non-hydrogen) atoms. The minimum Gasteiger partial charge on any atom is -0.506 e. The zero-order chi connectivity index (χ0) is 18.9. The number of nitrogens with one attached hydrogen (secondary N) is 2. The summed E-state index contributed by atoms with van der Waals surface area (Å²) >= 11 is 0. The van der Waals surface area contributed by atoms with Gasteiger partial charge in [-0.05, 0) is 48.7 Å². The number of carbonyl (C=O) groups excluding carboxylic acids is 1. The molecule has 0 radical (unpaired) electrons. The Kier molecular flexibility index (Phi) is 6.63. The molecule has 3 N–H and O–H groups in total. The SMILES string of the molecule is COc1ccc(CCNC(=O)/C(C#N)=C\Nc2cc(C)ccc2O)cc1. The van der Waals surface area contributed by atoms with Gasteiger partial charge in [-0.3, -0.25) is 4.79 Å². The molecule has 0 aromatic heterocycles. The van der Waals surface area contributed by atoms with E-state index in [1.165, 1.54) is 6.20 Å².